The molecule has 1 saturated heterocycles. The average molecular weight is 620 g/mol. The highest BCUT2D eigenvalue weighted by atomic mass is 79.9. The highest BCUT2D eigenvalue weighted by molar-refractivity contribution is 9.10. The molecule has 0 saturated carbocycles. The predicted molar refractivity (Wildman–Crippen MR) is 146 cm³/mol. The number of hydrogen-bond acceptors (Lipinski definition) is 4. The second kappa shape index (κ2) is 9.97. The minimum atomic E-state index is -2.66. The van der Waals surface area contributed by atoms with Gasteiger partial charge < -0.3 is 9.47 Å². The lowest BCUT2D eigenvalue weighted by atomic mass is 10.0. The van der Waals surface area contributed by atoms with Crippen LogP contribution in [-0.2, 0) is 21.1 Å². The molecule has 35 heavy (non-hydrogen) atoms. The van der Waals surface area contributed by atoms with Crippen molar-refractivity contribution in [3.05, 3.63) is 81.2 Å². The summed E-state index contributed by atoms with van der Waals surface area (Å²) in [6, 6.07) is 20.7. The molecule has 3 aromatic rings. The van der Waals surface area contributed by atoms with E-state index in [2.05, 4.69) is 37.7 Å². The van der Waals surface area contributed by atoms with Crippen LogP contribution in [-0.4, -0.2) is 39.6 Å². The van der Waals surface area contributed by atoms with Crippen LogP contribution >= 0.6 is 31.9 Å². The number of carbonyl (C=O) groups excluding carboxylic acids is 1. The summed E-state index contributed by atoms with van der Waals surface area (Å²) in [7, 11) is -2.66. The van der Waals surface area contributed by atoms with E-state index in [4.69, 9.17) is 9.47 Å². The van der Waals surface area contributed by atoms with Gasteiger partial charge in [0, 0.05) is 38.5 Å². The van der Waals surface area contributed by atoms with Crippen molar-refractivity contribution >= 4 is 59.2 Å². The van der Waals surface area contributed by atoms with Crippen LogP contribution in [0.2, 0.25) is 0 Å². The van der Waals surface area contributed by atoms with E-state index in [9.17, 15) is 9.00 Å². The number of rotatable bonds is 5. The first-order valence-electron chi connectivity index (χ1n) is 11.2. The minimum Gasteiger partial charge on any atom is -0.457 e. The number of cyclic esters (lactones) is 1. The van der Waals surface area contributed by atoms with Crippen LogP contribution in [0.1, 0.15) is 18.4 Å². The number of benzene rings is 3. The number of piperidine rings is 1. The molecule has 3 aromatic carbocycles. The van der Waals surface area contributed by atoms with Crippen molar-refractivity contribution in [3.63, 3.8) is 0 Å². The molecule has 0 bridgehead atoms. The number of fused-ring (bicyclic) bond motifs is 1. The molecular weight excluding hydrogens is 596 g/mol. The van der Waals surface area contributed by atoms with Crippen LogP contribution in [0.5, 0.6) is 11.5 Å². The topological polar surface area (TPSA) is 59.1 Å². The van der Waals surface area contributed by atoms with E-state index in [1.807, 2.05) is 71.0 Å². The molecule has 0 spiro atoms. The van der Waals surface area contributed by atoms with Gasteiger partial charge in [0.1, 0.15) is 18.1 Å². The number of ether oxygens (including phenoxy) is 2. The molecule has 0 radical (unpaired) electrons. The van der Waals surface area contributed by atoms with Gasteiger partial charge in [0.05, 0.1) is 15.4 Å². The van der Waals surface area contributed by atoms with Gasteiger partial charge in [-0.05, 0) is 85.4 Å². The number of hydrogen-bond donors (Lipinski definition) is 0. The zero-order valence-corrected chi connectivity index (χ0v) is 22.9. The van der Waals surface area contributed by atoms with Gasteiger partial charge in [-0.15, -0.1) is 0 Å². The fourth-order valence-corrected chi connectivity index (χ4v) is 6.79. The molecule has 0 aromatic heterocycles. The van der Waals surface area contributed by atoms with Gasteiger partial charge in [0.15, 0.2) is 0 Å². The smallest absolute Gasteiger partial charge is 0.414 e. The fourth-order valence-electron chi connectivity index (χ4n) is 4.46. The van der Waals surface area contributed by atoms with E-state index < -0.39 is 9.71 Å². The maximum atomic E-state index is 13.7. The van der Waals surface area contributed by atoms with Crippen molar-refractivity contribution in [2.24, 2.45) is 0 Å². The van der Waals surface area contributed by atoms with E-state index in [0.29, 0.717) is 36.6 Å². The Morgan fingerprint density at radius 3 is 2.17 bits per heavy atom. The zero-order valence-electron chi connectivity index (χ0n) is 18.9. The quantitative estimate of drug-likeness (QED) is 0.301. The van der Waals surface area contributed by atoms with Crippen molar-refractivity contribution in [1.82, 2.24) is 4.31 Å². The van der Waals surface area contributed by atoms with Gasteiger partial charge in [-0.25, -0.2) is 13.3 Å². The number of nitrogens with zero attached hydrogens (tertiary/aromatic N) is 2. The average Bonchev–Trinajstić information content (AvgIpc) is 2.86. The Kier molecular flexibility index (Phi) is 6.94. The fraction of sp³-hybridized carbons (Fsp3) is 0.231. The Bertz CT molecular complexity index is 1340. The number of halogens is 2. The molecule has 1 atom stereocenters. The van der Waals surface area contributed by atoms with E-state index in [-0.39, 0.29) is 18.7 Å². The molecule has 6 nitrogen and oxygen atoms in total. The van der Waals surface area contributed by atoms with Crippen LogP contribution in [0.25, 0.3) is 0 Å². The van der Waals surface area contributed by atoms with Crippen molar-refractivity contribution < 1.29 is 18.5 Å². The monoisotopic (exact) mass is 618 g/mol. The van der Waals surface area contributed by atoms with Crippen LogP contribution in [0, 0.1) is 0 Å². The molecule has 0 aliphatic carbocycles. The summed E-state index contributed by atoms with van der Waals surface area (Å²) in [4.78, 5) is 15.0. The van der Waals surface area contributed by atoms with E-state index in [1.165, 1.54) is 0 Å². The minimum absolute atomic E-state index is 0.0177. The molecule has 2 aliphatic rings. The van der Waals surface area contributed by atoms with E-state index >= 15 is 0 Å². The Morgan fingerprint density at radius 1 is 0.914 bits per heavy atom. The summed E-state index contributed by atoms with van der Waals surface area (Å²) in [6.07, 6.45) is 1.04. The molecule has 0 N–H and O–H groups in total. The van der Waals surface area contributed by atoms with Crippen molar-refractivity contribution in [1.29, 1.82) is 0 Å². The maximum absolute atomic E-state index is 13.7. The molecule has 2 aliphatic heterocycles. The summed E-state index contributed by atoms with van der Waals surface area (Å²) >= 11 is 6.90. The molecule has 1 unspecified atom stereocenters. The van der Waals surface area contributed by atoms with Crippen LogP contribution in [0.15, 0.2) is 80.6 Å². The summed E-state index contributed by atoms with van der Waals surface area (Å²) in [5.74, 6) is 5.47. The third-order valence-electron chi connectivity index (χ3n) is 6.30. The Balaban J connectivity index is 1.26. The molecular formula is C26H24Br2N2O4S. The van der Waals surface area contributed by atoms with Crippen molar-refractivity contribution in [2.75, 3.05) is 18.0 Å². The summed E-state index contributed by atoms with van der Waals surface area (Å²) in [5.41, 5.74) is 1.87. The van der Waals surface area contributed by atoms with Gasteiger partial charge in [-0.2, -0.15) is 0 Å². The molecule has 2 heterocycles. The second-order valence-corrected chi connectivity index (χ2v) is 12.6. The van der Waals surface area contributed by atoms with Gasteiger partial charge in [-0.1, -0.05) is 31.9 Å². The first-order chi connectivity index (χ1) is 16.8. The lowest BCUT2D eigenvalue weighted by molar-refractivity contribution is 0.136. The third kappa shape index (κ3) is 5.14. The Labute approximate surface area is 222 Å². The predicted octanol–water partition coefficient (Wildman–Crippen LogP) is 6.62. The number of amides is 1. The standard InChI is InChI=1S/C26H24Br2N2O4S/c1-35(32,24-9-7-23(8-10-24)34-22-5-2-19(27)3-6-22)29-14-12-21(13-15-29)30-25-11-4-20(28)16-18(25)17-33-26(30)31/h2-11,16,21H,1,12-15,17H2. The van der Waals surface area contributed by atoms with E-state index in [0.717, 1.165) is 25.9 Å². The molecule has 5 rings (SSSR count). The Morgan fingerprint density at radius 2 is 1.51 bits per heavy atom. The lowest BCUT2D eigenvalue weighted by Gasteiger charge is -2.40. The highest BCUT2D eigenvalue weighted by Crippen LogP contribution is 2.34. The normalized spacial score (nSPS) is 18.5. The van der Waals surface area contributed by atoms with Gasteiger partial charge >= 0.3 is 6.09 Å². The molecule has 1 fully saturated rings. The molecule has 1 amide bonds. The van der Waals surface area contributed by atoms with Gasteiger partial charge in [0.25, 0.3) is 0 Å². The number of anilines is 1. The van der Waals surface area contributed by atoms with Crippen molar-refractivity contribution in [3.8, 4) is 11.5 Å². The molecule has 182 valence electrons. The zero-order chi connectivity index (χ0) is 24.6. The summed E-state index contributed by atoms with van der Waals surface area (Å²) in [5, 5.41) is 0. The van der Waals surface area contributed by atoms with E-state index in [1.54, 1.807) is 4.90 Å². The van der Waals surface area contributed by atoms with Crippen LogP contribution in [0.4, 0.5) is 10.5 Å². The van der Waals surface area contributed by atoms with Crippen LogP contribution < -0.4 is 9.64 Å². The summed E-state index contributed by atoms with van der Waals surface area (Å²) in [6.45, 7) is 1.41. The second-order valence-electron chi connectivity index (χ2n) is 8.53. The highest BCUT2D eigenvalue weighted by Gasteiger charge is 2.35. The summed E-state index contributed by atoms with van der Waals surface area (Å²) < 4.78 is 28.8. The first-order valence-corrected chi connectivity index (χ1v) is 14.5. The SMILES string of the molecule is C=S(=O)(c1ccc(Oc2ccc(Br)cc2)cc1)N1CCC(N2C(=O)OCc3cc(Br)ccc32)CC1. The van der Waals surface area contributed by atoms with Gasteiger partial charge in [-0.3, -0.25) is 4.90 Å². The maximum Gasteiger partial charge on any atom is 0.414 e. The van der Waals surface area contributed by atoms with Crippen LogP contribution in [0.3, 0.4) is 0 Å². The first kappa shape index (κ1) is 24.4. The number of carbonyl (C=O) groups is 1. The van der Waals surface area contributed by atoms with Gasteiger partial charge in [0.2, 0.25) is 0 Å². The third-order valence-corrected chi connectivity index (χ3v) is 9.53. The Hall–Kier alpha value is -2.33. The molecule has 9 heteroatoms. The van der Waals surface area contributed by atoms with Crippen molar-refractivity contribution in [2.45, 2.75) is 30.4 Å². The lowest BCUT2D eigenvalue weighted by Crippen LogP contribution is -2.50. The largest absolute Gasteiger partial charge is 0.457 e.